The third-order valence-corrected chi connectivity index (χ3v) is 7.00. The number of rotatable bonds is 6. The van der Waals surface area contributed by atoms with Gasteiger partial charge < -0.3 is 9.47 Å². The molecular weight excluding hydrogens is 406 g/mol. The lowest BCUT2D eigenvalue weighted by Gasteiger charge is -2.43. The van der Waals surface area contributed by atoms with Crippen LogP contribution >= 0.6 is 22.2 Å². The van der Waals surface area contributed by atoms with Gasteiger partial charge in [-0.25, -0.2) is 5.48 Å². The van der Waals surface area contributed by atoms with Crippen LogP contribution in [0, 0.1) is 5.41 Å². The smallest absolute Gasteiger partial charge is 0.251 e. The Morgan fingerprint density at radius 1 is 1.07 bits per heavy atom. The summed E-state index contributed by atoms with van der Waals surface area (Å²) in [5.41, 5.74) is 0.564. The van der Waals surface area contributed by atoms with Crippen molar-refractivity contribution in [2.75, 3.05) is 19.0 Å². The Balaban J connectivity index is 1.75. The van der Waals surface area contributed by atoms with E-state index in [4.69, 9.17) is 26.3 Å². The van der Waals surface area contributed by atoms with Gasteiger partial charge in [0, 0.05) is 18.2 Å². The maximum Gasteiger partial charge on any atom is 0.251 e. The summed E-state index contributed by atoms with van der Waals surface area (Å²) >= 11 is 5.85. The van der Waals surface area contributed by atoms with Gasteiger partial charge in [-0.05, 0) is 61.4 Å². The van der Waals surface area contributed by atoms with Crippen LogP contribution in [0.4, 0.5) is 0 Å². The first kappa shape index (κ1) is 20.9. The van der Waals surface area contributed by atoms with Gasteiger partial charge in [0.05, 0.1) is 16.1 Å². The van der Waals surface area contributed by atoms with Crippen molar-refractivity contribution in [3.63, 3.8) is 0 Å². The number of amides is 1. The van der Waals surface area contributed by atoms with Gasteiger partial charge in [-0.2, -0.15) is 10.6 Å². The highest BCUT2D eigenvalue weighted by Crippen LogP contribution is 2.54. The fourth-order valence-electron chi connectivity index (χ4n) is 3.15. The molecule has 1 aliphatic rings. The molecule has 0 atom stereocenters. The van der Waals surface area contributed by atoms with Crippen LogP contribution in [-0.2, 0) is 9.53 Å². The van der Waals surface area contributed by atoms with E-state index in [1.54, 1.807) is 54.0 Å². The Kier molecular flexibility index (Phi) is 6.49. The molecule has 152 valence electrons. The van der Waals surface area contributed by atoms with Gasteiger partial charge in [-0.15, -0.1) is 0 Å². The van der Waals surface area contributed by atoms with Crippen molar-refractivity contribution in [3.8, 4) is 11.5 Å². The normalized spacial score (nSPS) is 17.0. The minimum Gasteiger partial charge on any atom is -0.457 e. The lowest BCUT2D eigenvalue weighted by Crippen LogP contribution is -2.47. The average molecular weight is 428 g/mol. The number of hydrogen-bond donors (Lipinski definition) is 4. The molecular formula is C19H22ClNO6S. The lowest BCUT2D eigenvalue weighted by molar-refractivity contribution is -0.143. The molecule has 2 aromatic carbocycles. The van der Waals surface area contributed by atoms with Crippen LogP contribution in [0.5, 0.6) is 11.5 Å². The second-order valence-corrected chi connectivity index (χ2v) is 9.20. The lowest BCUT2D eigenvalue weighted by atomic mass is 9.81. The molecule has 0 bridgehead atoms. The predicted octanol–water partition coefficient (Wildman–Crippen LogP) is 4.54. The van der Waals surface area contributed by atoms with E-state index >= 15 is 0 Å². The summed E-state index contributed by atoms with van der Waals surface area (Å²) in [5, 5.41) is 9.70. The summed E-state index contributed by atoms with van der Waals surface area (Å²) in [6.07, 6.45) is 0.597. The number of ether oxygens (including phenoxy) is 2. The Hall–Kier alpha value is -1.81. The fraction of sp³-hybridized carbons (Fsp3) is 0.316. The minimum absolute atomic E-state index is 0.187. The van der Waals surface area contributed by atoms with Crippen LogP contribution in [0.3, 0.4) is 0 Å². The molecule has 9 heteroatoms. The Bertz CT molecular complexity index is 806. The number of hydroxylamine groups is 1. The van der Waals surface area contributed by atoms with Gasteiger partial charge in [0.1, 0.15) is 11.5 Å². The number of hydrogen-bond acceptors (Lipinski definition) is 6. The van der Waals surface area contributed by atoms with Crippen molar-refractivity contribution >= 4 is 28.1 Å². The summed E-state index contributed by atoms with van der Waals surface area (Å²) in [4.78, 5) is 12.5. The van der Waals surface area contributed by atoms with Crippen molar-refractivity contribution in [1.82, 2.24) is 5.48 Å². The molecule has 4 N–H and O–H groups in total. The maximum absolute atomic E-state index is 12.2. The summed E-state index contributed by atoms with van der Waals surface area (Å²) in [5.74, 6) is 0.311. The summed E-state index contributed by atoms with van der Waals surface area (Å²) in [6, 6.07) is 13.2. The Labute approximate surface area is 169 Å². The molecule has 0 aliphatic carbocycles. The van der Waals surface area contributed by atoms with Crippen LogP contribution in [-0.4, -0.2) is 39.2 Å². The molecule has 0 unspecified atom stereocenters. The van der Waals surface area contributed by atoms with Gasteiger partial charge in [0.15, 0.2) is 0 Å². The van der Waals surface area contributed by atoms with Crippen LogP contribution in [0.1, 0.15) is 12.8 Å². The average Bonchev–Trinajstić information content (AvgIpc) is 2.70. The summed E-state index contributed by atoms with van der Waals surface area (Å²) < 4.78 is 32.5. The second-order valence-electron chi connectivity index (χ2n) is 6.67. The zero-order valence-corrected chi connectivity index (χ0v) is 16.6. The monoisotopic (exact) mass is 427 g/mol. The standard InChI is InChI=1S/C19H22ClNO6S/c20-14-1-3-15(4-2-14)27-16-5-7-17(8-6-16)28(24,25)13-19(18(22)21-23)9-11-26-12-10-19/h1-8,23-25H,9-13H2,(H,21,22). The van der Waals surface area contributed by atoms with Gasteiger partial charge in [-0.3, -0.25) is 19.1 Å². The topological polar surface area (TPSA) is 108 Å². The van der Waals surface area contributed by atoms with Crippen molar-refractivity contribution < 1.29 is 28.6 Å². The fourth-order valence-corrected chi connectivity index (χ4v) is 5.21. The van der Waals surface area contributed by atoms with E-state index in [1.165, 1.54) is 0 Å². The molecule has 1 fully saturated rings. The van der Waals surface area contributed by atoms with Crippen molar-refractivity contribution in [2.24, 2.45) is 5.41 Å². The van der Waals surface area contributed by atoms with Crippen LogP contribution in [0.2, 0.25) is 5.02 Å². The van der Waals surface area contributed by atoms with E-state index in [2.05, 4.69) is 0 Å². The van der Waals surface area contributed by atoms with Gasteiger partial charge >= 0.3 is 0 Å². The highest BCUT2D eigenvalue weighted by atomic mass is 35.5. The molecule has 1 aliphatic heterocycles. The molecule has 1 heterocycles. The molecule has 2 aromatic rings. The number of halogens is 1. The Morgan fingerprint density at radius 3 is 2.14 bits per heavy atom. The van der Waals surface area contributed by atoms with Crippen LogP contribution < -0.4 is 10.2 Å². The zero-order chi connectivity index (χ0) is 20.2. The highest BCUT2D eigenvalue weighted by molar-refractivity contribution is 8.24. The van der Waals surface area contributed by atoms with Gasteiger partial charge in [0.25, 0.3) is 5.91 Å². The molecule has 28 heavy (non-hydrogen) atoms. The molecule has 3 rings (SSSR count). The molecule has 0 spiro atoms. The van der Waals surface area contributed by atoms with Crippen LogP contribution in [0.15, 0.2) is 53.4 Å². The third-order valence-electron chi connectivity index (χ3n) is 4.76. The number of carbonyl (C=O) groups is 1. The maximum atomic E-state index is 12.2. The first-order chi connectivity index (χ1) is 13.3. The minimum atomic E-state index is -3.27. The molecule has 1 amide bonds. The number of benzene rings is 2. The van der Waals surface area contributed by atoms with E-state index in [0.29, 0.717) is 47.5 Å². The molecule has 0 saturated carbocycles. The Morgan fingerprint density at radius 2 is 1.61 bits per heavy atom. The quantitative estimate of drug-likeness (QED) is 0.398. The van der Waals surface area contributed by atoms with E-state index in [-0.39, 0.29) is 5.75 Å². The molecule has 0 aromatic heterocycles. The van der Waals surface area contributed by atoms with Crippen molar-refractivity contribution in [2.45, 2.75) is 17.7 Å². The molecule has 1 saturated heterocycles. The van der Waals surface area contributed by atoms with E-state index in [0.717, 1.165) is 0 Å². The molecule has 0 radical (unpaired) electrons. The number of nitrogens with one attached hydrogen (secondary N) is 1. The highest BCUT2D eigenvalue weighted by Gasteiger charge is 2.44. The van der Waals surface area contributed by atoms with E-state index in [9.17, 15) is 13.9 Å². The second kappa shape index (κ2) is 8.69. The van der Waals surface area contributed by atoms with Crippen molar-refractivity contribution in [1.29, 1.82) is 0 Å². The number of carbonyl (C=O) groups excluding carboxylic acids is 1. The third kappa shape index (κ3) is 4.78. The first-order valence-corrected chi connectivity index (χ1v) is 10.8. The largest absolute Gasteiger partial charge is 0.457 e. The van der Waals surface area contributed by atoms with Crippen LogP contribution in [0.25, 0.3) is 0 Å². The first-order valence-electron chi connectivity index (χ1n) is 8.66. The molecule has 7 nitrogen and oxygen atoms in total. The SMILES string of the molecule is O=C(NO)C1(CS(O)(O)c2ccc(Oc3ccc(Cl)cc3)cc2)CCOCC1. The van der Waals surface area contributed by atoms with E-state index in [1.807, 2.05) is 0 Å². The predicted molar refractivity (Wildman–Crippen MR) is 106 cm³/mol. The summed E-state index contributed by atoms with van der Waals surface area (Å²) in [7, 11) is -3.27. The summed E-state index contributed by atoms with van der Waals surface area (Å²) in [6.45, 7) is 0.633. The van der Waals surface area contributed by atoms with E-state index < -0.39 is 21.9 Å². The van der Waals surface area contributed by atoms with Gasteiger partial charge in [-0.1, -0.05) is 11.6 Å². The zero-order valence-electron chi connectivity index (χ0n) is 15.0. The van der Waals surface area contributed by atoms with Gasteiger partial charge in [0.2, 0.25) is 0 Å². The van der Waals surface area contributed by atoms with Crippen molar-refractivity contribution in [3.05, 3.63) is 53.6 Å².